The Morgan fingerprint density at radius 3 is 2.25 bits per heavy atom. The molecular weight excluding hydrogens is 426 g/mol. The minimum atomic E-state index is -3.74. The Kier molecular flexibility index (Phi) is 8.44. The third-order valence-corrected chi connectivity index (χ3v) is 6.67. The number of sulfonamides is 1. The van der Waals surface area contributed by atoms with Crippen molar-refractivity contribution >= 4 is 27.5 Å². The molecule has 1 atom stereocenters. The van der Waals surface area contributed by atoms with E-state index in [4.69, 9.17) is 0 Å². The van der Waals surface area contributed by atoms with Crippen LogP contribution in [0.25, 0.3) is 0 Å². The smallest absolute Gasteiger partial charge is 0.244 e. The van der Waals surface area contributed by atoms with Gasteiger partial charge in [-0.3, -0.25) is 13.9 Å². The van der Waals surface area contributed by atoms with E-state index in [-0.39, 0.29) is 19.0 Å². The fraction of sp³-hybridized carbons (Fsp3) is 0.417. The van der Waals surface area contributed by atoms with Crippen LogP contribution in [0.5, 0.6) is 0 Å². The Hall–Kier alpha value is -2.87. The van der Waals surface area contributed by atoms with Crippen LogP contribution in [0.1, 0.15) is 35.6 Å². The Morgan fingerprint density at radius 2 is 1.69 bits per heavy atom. The van der Waals surface area contributed by atoms with Crippen LogP contribution in [0.2, 0.25) is 0 Å². The topological polar surface area (TPSA) is 86.8 Å². The molecule has 2 aromatic carbocycles. The first-order chi connectivity index (χ1) is 15.0. The maximum absolute atomic E-state index is 13.5. The third-order valence-electron chi connectivity index (χ3n) is 5.55. The zero-order chi connectivity index (χ0) is 24.1. The first kappa shape index (κ1) is 25.4. The summed E-state index contributed by atoms with van der Waals surface area (Å²) in [5.41, 5.74) is 4.00. The number of hydrogen-bond acceptors (Lipinski definition) is 4. The molecule has 0 bridgehead atoms. The van der Waals surface area contributed by atoms with E-state index in [9.17, 15) is 18.0 Å². The quantitative estimate of drug-likeness (QED) is 0.625. The summed E-state index contributed by atoms with van der Waals surface area (Å²) in [4.78, 5) is 27.6. The lowest BCUT2D eigenvalue weighted by molar-refractivity contribution is -0.140. The average Bonchev–Trinajstić information content (AvgIpc) is 2.73. The molecule has 2 rings (SSSR count). The van der Waals surface area contributed by atoms with Crippen molar-refractivity contribution in [2.45, 2.75) is 46.7 Å². The van der Waals surface area contributed by atoms with E-state index in [1.807, 2.05) is 64.1 Å². The molecule has 174 valence electrons. The molecule has 2 amide bonds. The molecule has 0 aliphatic rings. The van der Waals surface area contributed by atoms with Gasteiger partial charge in [0.25, 0.3) is 0 Å². The van der Waals surface area contributed by atoms with Gasteiger partial charge in [-0.1, -0.05) is 43.3 Å². The van der Waals surface area contributed by atoms with Gasteiger partial charge in [0.1, 0.15) is 12.6 Å². The monoisotopic (exact) mass is 459 g/mol. The van der Waals surface area contributed by atoms with Gasteiger partial charge in [0.2, 0.25) is 21.8 Å². The summed E-state index contributed by atoms with van der Waals surface area (Å²) in [7, 11) is -2.21. The molecule has 0 radical (unpaired) electrons. The van der Waals surface area contributed by atoms with Gasteiger partial charge in [0.05, 0.1) is 11.9 Å². The van der Waals surface area contributed by atoms with Gasteiger partial charge in [0.15, 0.2) is 0 Å². The Morgan fingerprint density at radius 1 is 1.03 bits per heavy atom. The number of anilines is 1. The van der Waals surface area contributed by atoms with Crippen LogP contribution < -0.4 is 9.62 Å². The molecule has 0 unspecified atom stereocenters. The summed E-state index contributed by atoms with van der Waals surface area (Å²) in [5, 5.41) is 2.62. The van der Waals surface area contributed by atoms with Crippen LogP contribution in [-0.2, 0) is 26.2 Å². The van der Waals surface area contributed by atoms with E-state index >= 15 is 0 Å². The molecule has 0 aliphatic heterocycles. The number of amides is 2. The second kappa shape index (κ2) is 10.6. The number of benzene rings is 2. The highest BCUT2D eigenvalue weighted by atomic mass is 32.2. The van der Waals surface area contributed by atoms with Crippen LogP contribution in [0.3, 0.4) is 0 Å². The lowest BCUT2D eigenvalue weighted by Gasteiger charge is -2.33. The van der Waals surface area contributed by atoms with E-state index in [1.54, 1.807) is 6.07 Å². The van der Waals surface area contributed by atoms with Crippen LogP contribution >= 0.6 is 0 Å². The van der Waals surface area contributed by atoms with E-state index in [0.29, 0.717) is 12.1 Å². The number of nitrogens with one attached hydrogen (secondary N) is 1. The molecular formula is C24H33N3O4S. The van der Waals surface area contributed by atoms with Gasteiger partial charge in [-0.15, -0.1) is 0 Å². The lowest BCUT2D eigenvalue weighted by atomic mass is 10.1. The zero-order valence-corrected chi connectivity index (χ0v) is 20.5. The van der Waals surface area contributed by atoms with Crippen LogP contribution in [0.4, 0.5) is 5.69 Å². The van der Waals surface area contributed by atoms with Gasteiger partial charge in [-0.25, -0.2) is 8.42 Å². The molecule has 8 heteroatoms. The highest BCUT2D eigenvalue weighted by Gasteiger charge is 2.31. The summed E-state index contributed by atoms with van der Waals surface area (Å²) < 4.78 is 26.5. The molecule has 32 heavy (non-hydrogen) atoms. The predicted molar refractivity (Wildman–Crippen MR) is 128 cm³/mol. The first-order valence-electron chi connectivity index (χ1n) is 10.6. The molecule has 1 N–H and O–H groups in total. The van der Waals surface area contributed by atoms with Crippen molar-refractivity contribution < 1.29 is 18.0 Å². The number of aryl methyl sites for hydroxylation is 3. The Labute approximate surface area is 191 Å². The molecule has 2 aromatic rings. The van der Waals surface area contributed by atoms with Crippen LogP contribution in [0.15, 0.2) is 42.5 Å². The van der Waals surface area contributed by atoms with Gasteiger partial charge in [-0.2, -0.15) is 0 Å². The Balaban J connectivity index is 2.49. The summed E-state index contributed by atoms with van der Waals surface area (Å²) in [6, 6.07) is 12.4. The maximum atomic E-state index is 13.5. The van der Waals surface area contributed by atoms with Crippen molar-refractivity contribution in [1.29, 1.82) is 0 Å². The lowest BCUT2D eigenvalue weighted by Crippen LogP contribution is -2.51. The summed E-state index contributed by atoms with van der Waals surface area (Å²) in [6.07, 6.45) is 1.49. The number of rotatable bonds is 9. The van der Waals surface area contributed by atoms with Crippen molar-refractivity contribution in [2.24, 2.45) is 0 Å². The molecule has 0 spiro atoms. The number of likely N-dealkylation sites (N-methyl/N-ethyl adjacent to an activating group) is 1. The molecule has 0 aliphatic carbocycles. The number of nitrogens with zero attached hydrogens (tertiary/aromatic N) is 2. The van der Waals surface area contributed by atoms with Crippen molar-refractivity contribution in [3.05, 3.63) is 64.7 Å². The maximum Gasteiger partial charge on any atom is 0.244 e. The second-order valence-corrected chi connectivity index (χ2v) is 9.95. The standard InChI is InChI=1S/C24H33N3O4S/c1-7-21(24(29)25-5)26(15-20-11-9-8-10-18(20)3)23(28)16-27(32(6,30)31)22-14-17(2)12-13-19(22)4/h8-14,21H,7,15-16H2,1-6H3,(H,25,29)/t21-/m1/s1. The molecule has 0 aromatic heterocycles. The van der Waals surface area contributed by atoms with Crippen LogP contribution in [0, 0.1) is 20.8 Å². The van der Waals surface area contributed by atoms with E-state index in [1.165, 1.54) is 11.9 Å². The van der Waals surface area contributed by atoms with Gasteiger partial charge in [-0.05, 0) is 55.5 Å². The zero-order valence-electron chi connectivity index (χ0n) is 19.7. The van der Waals surface area contributed by atoms with Crippen molar-refractivity contribution in [3.8, 4) is 0 Å². The van der Waals surface area contributed by atoms with E-state index in [2.05, 4.69) is 5.32 Å². The van der Waals surface area contributed by atoms with Crippen molar-refractivity contribution in [1.82, 2.24) is 10.2 Å². The summed E-state index contributed by atoms with van der Waals surface area (Å²) in [5.74, 6) is -0.720. The SMILES string of the molecule is CC[C@H](C(=O)NC)N(Cc1ccccc1C)C(=O)CN(c1cc(C)ccc1C)S(C)(=O)=O. The number of carbonyl (C=O) groups is 2. The minimum Gasteiger partial charge on any atom is -0.357 e. The number of carbonyl (C=O) groups excluding carboxylic acids is 2. The van der Waals surface area contributed by atoms with Gasteiger partial charge >= 0.3 is 0 Å². The second-order valence-electron chi connectivity index (χ2n) is 8.05. The molecule has 0 heterocycles. The van der Waals surface area contributed by atoms with Crippen molar-refractivity contribution in [3.63, 3.8) is 0 Å². The third kappa shape index (κ3) is 6.09. The fourth-order valence-electron chi connectivity index (χ4n) is 3.64. The number of hydrogen-bond donors (Lipinski definition) is 1. The molecule has 0 fully saturated rings. The van der Waals surface area contributed by atoms with Crippen LogP contribution in [-0.4, -0.2) is 51.0 Å². The first-order valence-corrected chi connectivity index (χ1v) is 12.4. The van der Waals surface area contributed by atoms with Gasteiger partial charge < -0.3 is 10.2 Å². The Bertz CT molecular complexity index is 1080. The summed E-state index contributed by atoms with van der Waals surface area (Å²) >= 11 is 0. The normalized spacial score (nSPS) is 12.2. The highest BCUT2D eigenvalue weighted by Crippen LogP contribution is 2.25. The molecule has 7 nitrogen and oxygen atoms in total. The minimum absolute atomic E-state index is 0.210. The predicted octanol–water partition coefficient (Wildman–Crippen LogP) is 2.93. The van der Waals surface area contributed by atoms with Gasteiger partial charge in [0, 0.05) is 13.6 Å². The van der Waals surface area contributed by atoms with E-state index < -0.39 is 22.0 Å². The highest BCUT2D eigenvalue weighted by molar-refractivity contribution is 7.92. The van der Waals surface area contributed by atoms with E-state index in [0.717, 1.165) is 32.8 Å². The van der Waals surface area contributed by atoms with Crippen molar-refractivity contribution in [2.75, 3.05) is 24.2 Å². The average molecular weight is 460 g/mol. The molecule has 0 saturated carbocycles. The fourth-order valence-corrected chi connectivity index (χ4v) is 4.54. The summed E-state index contributed by atoms with van der Waals surface area (Å²) in [6.45, 7) is 7.27. The largest absolute Gasteiger partial charge is 0.357 e. The molecule has 0 saturated heterocycles.